The Morgan fingerprint density at radius 2 is 1.77 bits per heavy atom. The summed E-state index contributed by atoms with van der Waals surface area (Å²) in [4.78, 5) is 15.9. The van der Waals surface area contributed by atoms with Gasteiger partial charge in [-0.15, -0.1) is 0 Å². The van der Waals surface area contributed by atoms with Gasteiger partial charge in [0.2, 0.25) is 0 Å². The van der Waals surface area contributed by atoms with Crippen LogP contribution in [0.15, 0.2) is 79.0 Å². The van der Waals surface area contributed by atoms with Gasteiger partial charge in [-0.25, -0.2) is 0 Å². The van der Waals surface area contributed by atoms with E-state index in [1.165, 1.54) is 16.5 Å². The zero-order valence-electron chi connectivity index (χ0n) is 17.2. The van der Waals surface area contributed by atoms with Gasteiger partial charge in [0.05, 0.1) is 0 Å². The van der Waals surface area contributed by atoms with E-state index < -0.39 is 0 Å². The molecule has 0 spiro atoms. The Balaban J connectivity index is 1.34. The maximum atomic E-state index is 12.6. The van der Waals surface area contributed by atoms with Crippen molar-refractivity contribution < 1.29 is 4.79 Å². The molecule has 1 aromatic heterocycles. The van der Waals surface area contributed by atoms with Gasteiger partial charge >= 0.3 is 0 Å². The molecule has 0 unspecified atom stereocenters. The molecule has 0 saturated heterocycles. The smallest absolute Gasteiger partial charge is 0.251 e. The average molecular weight is 398 g/mol. The van der Waals surface area contributed by atoms with Gasteiger partial charge < -0.3 is 15.6 Å². The second-order valence-corrected chi connectivity index (χ2v) is 7.43. The molecule has 0 radical (unpaired) electrons. The van der Waals surface area contributed by atoms with Gasteiger partial charge in [-0.05, 0) is 53.8 Å². The van der Waals surface area contributed by atoms with Gasteiger partial charge in [0.15, 0.2) is 0 Å². The first kappa shape index (κ1) is 19.8. The topological polar surface area (TPSA) is 56.9 Å². The lowest BCUT2D eigenvalue weighted by atomic mass is 10.1. The van der Waals surface area contributed by atoms with Crippen LogP contribution in [0.2, 0.25) is 0 Å². The number of anilines is 1. The Kier molecular flexibility index (Phi) is 6.14. The van der Waals surface area contributed by atoms with Crippen molar-refractivity contribution in [1.29, 1.82) is 0 Å². The second kappa shape index (κ2) is 9.31. The minimum absolute atomic E-state index is 0.0364. The van der Waals surface area contributed by atoms with E-state index in [2.05, 4.69) is 52.9 Å². The average Bonchev–Trinajstić information content (AvgIpc) is 3.21. The van der Waals surface area contributed by atoms with E-state index in [-0.39, 0.29) is 5.91 Å². The van der Waals surface area contributed by atoms with Gasteiger partial charge in [-0.1, -0.05) is 55.5 Å². The standard InChI is InChI=1S/C26H27N3O/c1-2-20-9-3-5-12-24(20)28-17-19-8-7-10-21(16-19)26(30)27-15-14-22-18-29-25-13-6-4-11-23(22)25/h3-13,16,18,28-29H,2,14-15,17H2,1H3,(H,27,30). The lowest BCUT2D eigenvalue weighted by Gasteiger charge is -2.12. The van der Waals surface area contributed by atoms with Crippen molar-refractivity contribution in [3.05, 3.63) is 101 Å². The minimum Gasteiger partial charge on any atom is -0.381 e. The number of rotatable bonds is 8. The van der Waals surface area contributed by atoms with Crippen LogP contribution in [-0.2, 0) is 19.4 Å². The molecular formula is C26H27N3O. The summed E-state index contributed by atoms with van der Waals surface area (Å²) >= 11 is 0. The van der Waals surface area contributed by atoms with Crippen molar-refractivity contribution in [2.45, 2.75) is 26.3 Å². The molecule has 0 aliphatic rings. The number of carbonyl (C=O) groups excluding carboxylic acids is 1. The monoisotopic (exact) mass is 397 g/mol. The highest BCUT2D eigenvalue weighted by Gasteiger charge is 2.08. The molecule has 0 atom stereocenters. The fourth-order valence-electron chi connectivity index (χ4n) is 3.77. The number of nitrogens with one attached hydrogen (secondary N) is 3. The molecule has 3 N–H and O–H groups in total. The Morgan fingerprint density at radius 1 is 0.933 bits per heavy atom. The van der Waals surface area contributed by atoms with E-state index in [9.17, 15) is 4.79 Å². The van der Waals surface area contributed by atoms with Crippen LogP contribution in [0.4, 0.5) is 5.69 Å². The van der Waals surface area contributed by atoms with Crippen LogP contribution in [0.25, 0.3) is 10.9 Å². The number of aryl methyl sites for hydroxylation is 1. The van der Waals surface area contributed by atoms with Crippen molar-refractivity contribution in [1.82, 2.24) is 10.3 Å². The molecule has 0 aliphatic heterocycles. The van der Waals surface area contributed by atoms with Crippen molar-refractivity contribution in [2.24, 2.45) is 0 Å². The van der Waals surface area contributed by atoms with Crippen molar-refractivity contribution in [3.63, 3.8) is 0 Å². The SMILES string of the molecule is CCc1ccccc1NCc1cccc(C(=O)NCCc2c[nH]c3ccccc23)c1. The quantitative estimate of drug-likeness (QED) is 0.377. The molecule has 0 fully saturated rings. The first-order valence-corrected chi connectivity index (χ1v) is 10.5. The predicted molar refractivity (Wildman–Crippen MR) is 124 cm³/mol. The first-order valence-electron chi connectivity index (χ1n) is 10.5. The predicted octanol–water partition coefficient (Wildman–Crippen LogP) is 5.31. The molecule has 0 bridgehead atoms. The van der Waals surface area contributed by atoms with E-state index in [0.717, 1.165) is 29.6 Å². The summed E-state index contributed by atoms with van der Waals surface area (Å²) in [6.07, 6.45) is 3.81. The van der Waals surface area contributed by atoms with Crippen molar-refractivity contribution in [2.75, 3.05) is 11.9 Å². The summed E-state index contributed by atoms with van der Waals surface area (Å²) in [6, 6.07) is 24.4. The maximum Gasteiger partial charge on any atom is 0.251 e. The van der Waals surface area contributed by atoms with E-state index >= 15 is 0 Å². The molecule has 1 amide bonds. The molecule has 4 aromatic rings. The third-order valence-corrected chi connectivity index (χ3v) is 5.43. The molecule has 4 rings (SSSR count). The summed E-state index contributed by atoms with van der Waals surface area (Å²) in [5.41, 5.74) is 6.57. The molecular weight excluding hydrogens is 370 g/mol. The number of para-hydroxylation sites is 2. The third-order valence-electron chi connectivity index (χ3n) is 5.43. The fraction of sp³-hybridized carbons (Fsp3) is 0.192. The van der Waals surface area contributed by atoms with E-state index in [1.54, 1.807) is 0 Å². The highest BCUT2D eigenvalue weighted by Crippen LogP contribution is 2.18. The largest absolute Gasteiger partial charge is 0.381 e. The van der Waals surface area contributed by atoms with Gasteiger partial charge in [-0.2, -0.15) is 0 Å². The fourth-order valence-corrected chi connectivity index (χ4v) is 3.77. The first-order chi connectivity index (χ1) is 14.7. The Labute approximate surface area is 177 Å². The third kappa shape index (κ3) is 4.54. The van der Waals surface area contributed by atoms with Gasteiger partial charge in [0.1, 0.15) is 0 Å². The number of hydrogen-bond donors (Lipinski definition) is 3. The van der Waals surface area contributed by atoms with Crippen LogP contribution in [0, 0.1) is 0 Å². The summed E-state index contributed by atoms with van der Waals surface area (Å²) in [7, 11) is 0. The summed E-state index contributed by atoms with van der Waals surface area (Å²) in [5, 5.41) is 7.75. The molecule has 0 saturated carbocycles. The Hall–Kier alpha value is -3.53. The number of fused-ring (bicyclic) bond motifs is 1. The zero-order valence-corrected chi connectivity index (χ0v) is 17.2. The molecule has 1 heterocycles. The Morgan fingerprint density at radius 3 is 2.67 bits per heavy atom. The number of benzene rings is 3. The van der Waals surface area contributed by atoms with E-state index in [0.29, 0.717) is 18.7 Å². The number of H-pyrrole nitrogens is 1. The molecule has 4 heteroatoms. The van der Waals surface area contributed by atoms with Crippen molar-refractivity contribution in [3.8, 4) is 0 Å². The second-order valence-electron chi connectivity index (χ2n) is 7.43. The number of carbonyl (C=O) groups is 1. The molecule has 30 heavy (non-hydrogen) atoms. The molecule has 0 aliphatic carbocycles. The molecule has 152 valence electrons. The minimum atomic E-state index is -0.0364. The highest BCUT2D eigenvalue weighted by molar-refractivity contribution is 5.94. The van der Waals surface area contributed by atoms with Gasteiger partial charge in [0.25, 0.3) is 5.91 Å². The summed E-state index contributed by atoms with van der Waals surface area (Å²) in [5.74, 6) is -0.0364. The highest BCUT2D eigenvalue weighted by atomic mass is 16.1. The van der Waals surface area contributed by atoms with Gasteiger partial charge in [-0.3, -0.25) is 4.79 Å². The summed E-state index contributed by atoms with van der Waals surface area (Å²) in [6.45, 7) is 3.45. The maximum absolute atomic E-state index is 12.6. The lowest BCUT2D eigenvalue weighted by molar-refractivity contribution is 0.0954. The van der Waals surface area contributed by atoms with Crippen LogP contribution in [-0.4, -0.2) is 17.4 Å². The van der Waals surface area contributed by atoms with Crippen molar-refractivity contribution >= 4 is 22.5 Å². The number of hydrogen-bond acceptors (Lipinski definition) is 2. The van der Waals surface area contributed by atoms with Crippen LogP contribution < -0.4 is 10.6 Å². The number of amides is 1. The number of aromatic amines is 1. The number of aromatic nitrogens is 1. The van der Waals surface area contributed by atoms with Crippen LogP contribution in [0.3, 0.4) is 0 Å². The van der Waals surface area contributed by atoms with Crippen LogP contribution in [0.5, 0.6) is 0 Å². The Bertz CT molecular complexity index is 1150. The zero-order chi connectivity index (χ0) is 20.8. The summed E-state index contributed by atoms with van der Waals surface area (Å²) < 4.78 is 0. The van der Waals surface area contributed by atoms with Crippen LogP contribution in [0.1, 0.15) is 34.0 Å². The van der Waals surface area contributed by atoms with E-state index in [1.807, 2.05) is 48.7 Å². The molecule has 4 nitrogen and oxygen atoms in total. The normalized spacial score (nSPS) is 10.8. The van der Waals surface area contributed by atoms with E-state index in [4.69, 9.17) is 0 Å². The van der Waals surface area contributed by atoms with Crippen LogP contribution >= 0.6 is 0 Å². The molecule has 3 aromatic carbocycles. The lowest BCUT2D eigenvalue weighted by Crippen LogP contribution is -2.25. The van der Waals surface area contributed by atoms with Gasteiger partial charge in [0, 0.05) is 41.4 Å².